The van der Waals surface area contributed by atoms with Crippen molar-refractivity contribution in [3.05, 3.63) is 23.0 Å². The molecule has 0 aliphatic carbocycles. The largest absolute Gasteiger partial charge is 0.462 e. The average molecular weight is 243 g/mol. The van der Waals surface area contributed by atoms with Gasteiger partial charge in [-0.2, -0.15) is 0 Å². The van der Waals surface area contributed by atoms with Gasteiger partial charge in [0.1, 0.15) is 10.7 Å². The van der Waals surface area contributed by atoms with Crippen LogP contribution in [-0.2, 0) is 4.74 Å². The van der Waals surface area contributed by atoms with Gasteiger partial charge in [-0.15, -0.1) is 0 Å². The summed E-state index contributed by atoms with van der Waals surface area (Å²) in [5.41, 5.74) is 1.08. The Bertz CT molecular complexity index is 369. The van der Waals surface area contributed by atoms with Crippen LogP contribution in [0.4, 0.5) is 5.69 Å². The van der Waals surface area contributed by atoms with Gasteiger partial charge in [0.05, 0.1) is 12.3 Å². The van der Waals surface area contributed by atoms with Gasteiger partial charge in [0.2, 0.25) is 0 Å². The normalized spacial score (nSPS) is 9.94. The van der Waals surface area contributed by atoms with E-state index in [9.17, 15) is 4.79 Å². The van der Waals surface area contributed by atoms with E-state index >= 15 is 0 Å². The lowest BCUT2D eigenvalue weighted by Crippen LogP contribution is -2.11. The number of rotatable bonds is 5. The van der Waals surface area contributed by atoms with Crippen LogP contribution < -0.4 is 5.32 Å². The fraction of sp³-hybridized carbons (Fsp3) is 0.455. The number of pyridine rings is 1. The summed E-state index contributed by atoms with van der Waals surface area (Å²) < 4.78 is 4.93. The van der Waals surface area contributed by atoms with E-state index in [1.54, 1.807) is 13.0 Å². The minimum absolute atomic E-state index is 0.342. The number of ether oxygens (including phenoxy) is 1. The minimum Gasteiger partial charge on any atom is -0.462 e. The summed E-state index contributed by atoms with van der Waals surface area (Å²) >= 11 is 5.77. The van der Waals surface area contributed by atoms with Crippen molar-refractivity contribution in [2.75, 3.05) is 18.5 Å². The first-order valence-electron chi connectivity index (χ1n) is 5.25. The number of carbonyl (C=O) groups excluding carboxylic acids is 1. The van der Waals surface area contributed by atoms with Gasteiger partial charge in [-0.25, -0.2) is 9.78 Å². The molecule has 0 bridgehead atoms. The first-order chi connectivity index (χ1) is 7.69. The highest BCUT2D eigenvalue weighted by atomic mass is 35.5. The zero-order chi connectivity index (χ0) is 12.0. The van der Waals surface area contributed by atoms with E-state index in [-0.39, 0.29) is 5.97 Å². The molecule has 0 atom stereocenters. The van der Waals surface area contributed by atoms with Gasteiger partial charge in [-0.3, -0.25) is 0 Å². The van der Waals surface area contributed by atoms with Gasteiger partial charge < -0.3 is 10.1 Å². The van der Waals surface area contributed by atoms with Crippen molar-refractivity contribution in [3.63, 3.8) is 0 Å². The van der Waals surface area contributed by atoms with E-state index < -0.39 is 0 Å². The monoisotopic (exact) mass is 242 g/mol. The van der Waals surface area contributed by atoms with E-state index in [2.05, 4.69) is 10.3 Å². The van der Waals surface area contributed by atoms with E-state index in [0.717, 1.165) is 13.0 Å². The van der Waals surface area contributed by atoms with Gasteiger partial charge in [0.25, 0.3) is 0 Å². The third-order valence-electron chi connectivity index (χ3n) is 1.93. The molecule has 16 heavy (non-hydrogen) atoms. The molecule has 0 aliphatic rings. The molecule has 1 rings (SSSR count). The molecule has 0 radical (unpaired) electrons. The summed E-state index contributed by atoms with van der Waals surface area (Å²) in [6, 6.07) is 1.63. The SMILES string of the molecule is CCCNc1cc(Cl)ncc1C(=O)OCC. The van der Waals surface area contributed by atoms with E-state index in [1.165, 1.54) is 6.20 Å². The molecule has 1 aromatic rings. The second-order valence-corrected chi connectivity index (χ2v) is 3.59. The Kier molecular flexibility index (Phi) is 5.05. The molecule has 0 fully saturated rings. The molecule has 0 spiro atoms. The lowest BCUT2D eigenvalue weighted by atomic mass is 10.2. The van der Waals surface area contributed by atoms with Crippen LogP contribution in [0.3, 0.4) is 0 Å². The van der Waals surface area contributed by atoms with E-state index in [4.69, 9.17) is 16.3 Å². The molecule has 4 nitrogen and oxygen atoms in total. The molecule has 0 aromatic carbocycles. The molecule has 0 unspecified atom stereocenters. The predicted octanol–water partition coefficient (Wildman–Crippen LogP) is 2.73. The van der Waals surface area contributed by atoms with Crippen LogP contribution in [0.5, 0.6) is 0 Å². The second kappa shape index (κ2) is 6.33. The van der Waals surface area contributed by atoms with E-state index in [1.807, 2.05) is 6.92 Å². The van der Waals surface area contributed by atoms with Crippen molar-refractivity contribution in [1.29, 1.82) is 0 Å². The predicted molar refractivity (Wildman–Crippen MR) is 64.0 cm³/mol. The number of hydrogen-bond donors (Lipinski definition) is 1. The molecular weight excluding hydrogens is 228 g/mol. The van der Waals surface area contributed by atoms with Gasteiger partial charge in [0, 0.05) is 12.7 Å². The van der Waals surface area contributed by atoms with Crippen LogP contribution in [0.2, 0.25) is 5.15 Å². The fourth-order valence-corrected chi connectivity index (χ4v) is 1.37. The Labute approximate surface area is 100.0 Å². The Morgan fingerprint density at radius 1 is 1.56 bits per heavy atom. The first kappa shape index (κ1) is 12.8. The zero-order valence-electron chi connectivity index (χ0n) is 9.42. The van der Waals surface area contributed by atoms with Crippen LogP contribution in [0.15, 0.2) is 12.3 Å². The van der Waals surface area contributed by atoms with Crippen molar-refractivity contribution in [2.24, 2.45) is 0 Å². The maximum Gasteiger partial charge on any atom is 0.341 e. The summed E-state index contributed by atoms with van der Waals surface area (Å²) in [6.07, 6.45) is 2.39. The van der Waals surface area contributed by atoms with Crippen molar-refractivity contribution >= 4 is 23.3 Å². The van der Waals surface area contributed by atoms with Crippen LogP contribution in [0, 0.1) is 0 Å². The molecule has 0 saturated carbocycles. The molecule has 1 heterocycles. The molecule has 5 heteroatoms. The number of anilines is 1. The van der Waals surface area contributed by atoms with Crippen LogP contribution >= 0.6 is 11.6 Å². The van der Waals surface area contributed by atoms with E-state index in [0.29, 0.717) is 23.0 Å². The van der Waals surface area contributed by atoms with Crippen molar-refractivity contribution in [1.82, 2.24) is 4.98 Å². The molecule has 0 aliphatic heterocycles. The number of nitrogens with zero attached hydrogens (tertiary/aromatic N) is 1. The van der Waals surface area contributed by atoms with Gasteiger partial charge in [-0.1, -0.05) is 18.5 Å². The van der Waals surface area contributed by atoms with Crippen molar-refractivity contribution in [2.45, 2.75) is 20.3 Å². The summed E-state index contributed by atoms with van der Waals surface area (Å²) in [5.74, 6) is -0.384. The molecule has 0 saturated heterocycles. The van der Waals surface area contributed by atoms with Crippen LogP contribution in [0.25, 0.3) is 0 Å². The average Bonchev–Trinajstić information content (AvgIpc) is 2.26. The summed E-state index contributed by atoms with van der Waals surface area (Å²) in [5, 5.41) is 3.47. The summed E-state index contributed by atoms with van der Waals surface area (Å²) in [7, 11) is 0. The number of aromatic nitrogens is 1. The number of carbonyl (C=O) groups is 1. The van der Waals surface area contributed by atoms with Gasteiger partial charge in [-0.05, 0) is 19.4 Å². The number of nitrogens with one attached hydrogen (secondary N) is 1. The van der Waals surface area contributed by atoms with Crippen molar-refractivity contribution in [3.8, 4) is 0 Å². The van der Waals surface area contributed by atoms with Crippen LogP contribution in [-0.4, -0.2) is 24.1 Å². The Morgan fingerprint density at radius 2 is 2.31 bits per heavy atom. The lowest BCUT2D eigenvalue weighted by Gasteiger charge is -2.10. The van der Waals surface area contributed by atoms with Gasteiger partial charge >= 0.3 is 5.97 Å². The summed E-state index contributed by atoms with van der Waals surface area (Å²) in [6.45, 7) is 4.92. The second-order valence-electron chi connectivity index (χ2n) is 3.20. The molecule has 1 aromatic heterocycles. The third kappa shape index (κ3) is 3.38. The summed E-state index contributed by atoms with van der Waals surface area (Å²) in [4.78, 5) is 15.5. The molecule has 0 amide bonds. The highest BCUT2D eigenvalue weighted by molar-refractivity contribution is 6.29. The molecular formula is C11H15ClN2O2. The molecule has 88 valence electrons. The zero-order valence-corrected chi connectivity index (χ0v) is 10.2. The fourth-order valence-electron chi connectivity index (χ4n) is 1.21. The number of hydrogen-bond acceptors (Lipinski definition) is 4. The van der Waals surface area contributed by atoms with Gasteiger partial charge in [0.15, 0.2) is 0 Å². The molecule has 1 N–H and O–H groups in total. The Hall–Kier alpha value is -1.29. The van der Waals surface area contributed by atoms with Crippen molar-refractivity contribution < 1.29 is 9.53 Å². The lowest BCUT2D eigenvalue weighted by molar-refractivity contribution is 0.0527. The topological polar surface area (TPSA) is 51.2 Å². The minimum atomic E-state index is -0.384. The number of esters is 1. The maximum absolute atomic E-state index is 11.6. The standard InChI is InChI=1S/C11H15ClN2O2/c1-3-5-13-9-6-10(12)14-7-8(9)11(15)16-4-2/h6-7H,3-5H2,1-2H3,(H,13,14). The first-order valence-corrected chi connectivity index (χ1v) is 5.63. The highest BCUT2D eigenvalue weighted by Gasteiger charge is 2.13. The third-order valence-corrected chi connectivity index (χ3v) is 2.14. The number of halogens is 1. The quantitative estimate of drug-likeness (QED) is 0.637. The maximum atomic E-state index is 11.6. The van der Waals surface area contributed by atoms with Crippen LogP contribution in [0.1, 0.15) is 30.6 Å². The highest BCUT2D eigenvalue weighted by Crippen LogP contribution is 2.19. The Morgan fingerprint density at radius 3 is 2.94 bits per heavy atom. The Balaban J connectivity index is 2.92. The smallest absolute Gasteiger partial charge is 0.341 e.